The minimum absolute atomic E-state index is 0.157. The molecule has 0 aliphatic rings. The lowest BCUT2D eigenvalue weighted by Gasteiger charge is -2.23. The van der Waals surface area contributed by atoms with Gasteiger partial charge >= 0.3 is 6.03 Å². The zero-order valence-electron chi connectivity index (χ0n) is 12.1. The molecule has 2 N–H and O–H groups in total. The van der Waals surface area contributed by atoms with Gasteiger partial charge in [-0.05, 0) is 24.8 Å². The largest absolute Gasteiger partial charge is 0.548 e. The van der Waals surface area contributed by atoms with Crippen LogP contribution in [0.1, 0.15) is 38.8 Å². The van der Waals surface area contributed by atoms with Gasteiger partial charge in [0.05, 0.1) is 18.1 Å². The highest BCUT2D eigenvalue weighted by Crippen LogP contribution is 2.11. The first kappa shape index (κ1) is 16.0. The van der Waals surface area contributed by atoms with Crippen molar-refractivity contribution in [1.29, 1.82) is 0 Å². The minimum Gasteiger partial charge on any atom is -0.548 e. The van der Waals surface area contributed by atoms with Crippen LogP contribution in [0.15, 0.2) is 30.3 Å². The van der Waals surface area contributed by atoms with E-state index in [-0.39, 0.29) is 12.0 Å². The molecule has 2 atom stereocenters. The van der Waals surface area contributed by atoms with Crippen LogP contribution in [0.4, 0.5) is 4.79 Å². The Labute approximate surface area is 119 Å². The Morgan fingerprint density at radius 2 is 1.70 bits per heavy atom. The Morgan fingerprint density at radius 1 is 1.10 bits per heavy atom. The van der Waals surface area contributed by atoms with Crippen molar-refractivity contribution in [1.82, 2.24) is 10.6 Å². The van der Waals surface area contributed by atoms with E-state index in [1.165, 1.54) is 0 Å². The van der Waals surface area contributed by atoms with Crippen LogP contribution in [0.3, 0.4) is 0 Å². The van der Waals surface area contributed by atoms with Crippen molar-refractivity contribution in [3.8, 4) is 0 Å². The van der Waals surface area contributed by atoms with Gasteiger partial charge in [-0.3, -0.25) is 0 Å². The molecule has 0 heterocycles. The predicted molar refractivity (Wildman–Crippen MR) is 74.8 cm³/mol. The van der Waals surface area contributed by atoms with Crippen LogP contribution in [0.2, 0.25) is 0 Å². The molecule has 5 heteroatoms. The van der Waals surface area contributed by atoms with Crippen LogP contribution in [0.5, 0.6) is 0 Å². The minimum atomic E-state index is -1.26. The summed E-state index contributed by atoms with van der Waals surface area (Å²) in [4.78, 5) is 22.8. The molecule has 0 saturated carbocycles. The van der Waals surface area contributed by atoms with Crippen LogP contribution in [0.25, 0.3) is 0 Å². The van der Waals surface area contributed by atoms with E-state index in [4.69, 9.17) is 0 Å². The summed E-state index contributed by atoms with van der Waals surface area (Å²) in [6.45, 7) is 5.62. The maximum atomic E-state index is 11.8. The molecule has 2 amide bonds. The summed E-state index contributed by atoms with van der Waals surface area (Å²) in [5.74, 6) is -1.11. The molecular weight excluding hydrogens is 256 g/mol. The van der Waals surface area contributed by atoms with Crippen LogP contribution in [-0.2, 0) is 4.79 Å². The Balaban J connectivity index is 2.55. The Hall–Kier alpha value is -2.04. The van der Waals surface area contributed by atoms with Gasteiger partial charge in [0.2, 0.25) is 0 Å². The molecule has 0 unspecified atom stereocenters. The lowest BCUT2D eigenvalue weighted by atomic mass is 10.0. The fourth-order valence-electron chi connectivity index (χ4n) is 1.91. The van der Waals surface area contributed by atoms with Gasteiger partial charge in [0.1, 0.15) is 0 Å². The summed E-state index contributed by atoms with van der Waals surface area (Å²) in [6, 6.07) is 7.78. The summed E-state index contributed by atoms with van der Waals surface area (Å²) in [7, 11) is 0. The fraction of sp³-hybridized carbons (Fsp3) is 0.467. The maximum Gasteiger partial charge on any atom is 0.315 e. The zero-order chi connectivity index (χ0) is 15.1. The van der Waals surface area contributed by atoms with Crippen LogP contribution in [-0.4, -0.2) is 18.0 Å². The standard InChI is InChI=1S/C15H22N2O3/c1-10(2)9-13(14(18)19)17-15(20)16-11(3)12-7-5-4-6-8-12/h4-8,10-11,13H,9H2,1-3H3,(H,18,19)(H2,16,17,20)/p-1/t11-,13+/m0/s1. The number of aliphatic carboxylic acids is 1. The quantitative estimate of drug-likeness (QED) is 0.820. The van der Waals surface area contributed by atoms with E-state index in [0.29, 0.717) is 6.42 Å². The molecule has 0 saturated heterocycles. The van der Waals surface area contributed by atoms with Gasteiger partial charge in [-0.15, -0.1) is 0 Å². The highest BCUT2D eigenvalue weighted by atomic mass is 16.4. The first-order valence-electron chi connectivity index (χ1n) is 6.73. The second kappa shape index (κ2) is 7.53. The molecule has 0 aromatic heterocycles. The molecular formula is C15H21N2O3-. The van der Waals surface area contributed by atoms with Gasteiger partial charge < -0.3 is 20.5 Å². The Kier molecular flexibility index (Phi) is 6.03. The summed E-state index contributed by atoms with van der Waals surface area (Å²) in [5, 5.41) is 16.1. The van der Waals surface area contributed by atoms with Crippen molar-refractivity contribution in [2.24, 2.45) is 5.92 Å². The van der Waals surface area contributed by atoms with E-state index in [1.54, 1.807) is 0 Å². The maximum absolute atomic E-state index is 11.8. The van der Waals surface area contributed by atoms with Crippen molar-refractivity contribution in [2.75, 3.05) is 0 Å². The van der Waals surface area contributed by atoms with Gasteiger partial charge in [-0.1, -0.05) is 44.2 Å². The number of carbonyl (C=O) groups is 2. The molecule has 0 bridgehead atoms. The number of urea groups is 1. The lowest BCUT2D eigenvalue weighted by Crippen LogP contribution is -2.51. The molecule has 0 fully saturated rings. The lowest BCUT2D eigenvalue weighted by molar-refractivity contribution is -0.308. The van der Waals surface area contributed by atoms with Crippen molar-refractivity contribution in [3.05, 3.63) is 35.9 Å². The zero-order valence-corrected chi connectivity index (χ0v) is 12.1. The van der Waals surface area contributed by atoms with Gasteiger partial charge in [0.15, 0.2) is 0 Å². The predicted octanol–water partition coefficient (Wildman–Crippen LogP) is 1.21. The monoisotopic (exact) mass is 277 g/mol. The number of hydrogen-bond donors (Lipinski definition) is 2. The van der Waals surface area contributed by atoms with Crippen molar-refractivity contribution < 1.29 is 14.7 Å². The highest BCUT2D eigenvalue weighted by Gasteiger charge is 2.16. The molecule has 1 aromatic rings. The van der Waals surface area contributed by atoms with E-state index < -0.39 is 18.0 Å². The number of carboxylic acid groups (broad SMARTS) is 1. The van der Waals surface area contributed by atoms with E-state index in [9.17, 15) is 14.7 Å². The number of rotatable bonds is 6. The van der Waals surface area contributed by atoms with E-state index in [2.05, 4.69) is 10.6 Å². The van der Waals surface area contributed by atoms with Crippen molar-refractivity contribution in [2.45, 2.75) is 39.3 Å². The van der Waals surface area contributed by atoms with Crippen LogP contribution < -0.4 is 15.7 Å². The molecule has 5 nitrogen and oxygen atoms in total. The topological polar surface area (TPSA) is 81.3 Å². The number of nitrogens with one attached hydrogen (secondary N) is 2. The van der Waals surface area contributed by atoms with E-state index in [1.807, 2.05) is 51.1 Å². The second-order valence-corrected chi connectivity index (χ2v) is 5.25. The first-order chi connectivity index (χ1) is 9.40. The number of carbonyl (C=O) groups excluding carboxylic acids is 2. The SMILES string of the molecule is CC(C)C[C@@H](NC(=O)N[C@@H](C)c1ccccc1)C(=O)[O-]. The normalized spacial score (nSPS) is 13.6. The third kappa shape index (κ3) is 5.30. The number of benzene rings is 1. The number of hydrogen-bond acceptors (Lipinski definition) is 3. The Bertz CT molecular complexity index is 446. The smallest absolute Gasteiger partial charge is 0.315 e. The van der Waals surface area contributed by atoms with E-state index >= 15 is 0 Å². The van der Waals surface area contributed by atoms with Gasteiger partial charge in [-0.2, -0.15) is 0 Å². The average molecular weight is 277 g/mol. The van der Waals surface area contributed by atoms with Gasteiger partial charge in [0.25, 0.3) is 0 Å². The molecule has 0 spiro atoms. The summed E-state index contributed by atoms with van der Waals surface area (Å²) < 4.78 is 0. The first-order valence-corrected chi connectivity index (χ1v) is 6.73. The van der Waals surface area contributed by atoms with Gasteiger partial charge in [-0.25, -0.2) is 4.79 Å². The molecule has 20 heavy (non-hydrogen) atoms. The molecule has 110 valence electrons. The molecule has 0 radical (unpaired) electrons. The third-order valence-corrected chi connectivity index (χ3v) is 2.94. The van der Waals surface area contributed by atoms with Crippen molar-refractivity contribution >= 4 is 12.0 Å². The molecule has 1 rings (SSSR count). The van der Waals surface area contributed by atoms with Crippen molar-refractivity contribution in [3.63, 3.8) is 0 Å². The van der Waals surface area contributed by atoms with Crippen LogP contribution >= 0.6 is 0 Å². The molecule has 1 aromatic carbocycles. The Morgan fingerprint density at radius 3 is 2.20 bits per heavy atom. The molecule has 0 aliphatic heterocycles. The summed E-state index contributed by atoms with van der Waals surface area (Å²) >= 11 is 0. The third-order valence-electron chi connectivity index (χ3n) is 2.94. The van der Waals surface area contributed by atoms with E-state index in [0.717, 1.165) is 5.56 Å². The highest BCUT2D eigenvalue weighted by molar-refractivity contribution is 5.81. The average Bonchev–Trinajstić information content (AvgIpc) is 2.38. The summed E-state index contributed by atoms with van der Waals surface area (Å²) in [5.41, 5.74) is 0.955. The number of carboxylic acids is 1. The fourth-order valence-corrected chi connectivity index (χ4v) is 1.91. The molecule has 0 aliphatic carbocycles. The second-order valence-electron chi connectivity index (χ2n) is 5.25. The van der Waals surface area contributed by atoms with Crippen LogP contribution in [0, 0.1) is 5.92 Å². The number of amides is 2. The van der Waals surface area contributed by atoms with Gasteiger partial charge in [0, 0.05) is 0 Å². The summed E-state index contributed by atoms with van der Waals surface area (Å²) in [6.07, 6.45) is 0.343.